The molecule has 0 N–H and O–H groups in total. The Morgan fingerprint density at radius 2 is 1.83 bits per heavy atom. The summed E-state index contributed by atoms with van der Waals surface area (Å²) in [6.45, 7) is 6.15. The molecule has 1 aliphatic carbocycles. The predicted octanol–water partition coefficient (Wildman–Crippen LogP) is 3.09. The van der Waals surface area contributed by atoms with E-state index in [9.17, 15) is 0 Å². The van der Waals surface area contributed by atoms with Crippen molar-refractivity contribution in [3.05, 3.63) is 0 Å². The van der Waals surface area contributed by atoms with Crippen LogP contribution in [0.4, 0.5) is 0 Å². The molecule has 0 aliphatic heterocycles. The van der Waals surface area contributed by atoms with Crippen LogP contribution >= 0.6 is 0 Å². The molecule has 70 valence electrons. The van der Waals surface area contributed by atoms with E-state index >= 15 is 0 Å². The highest BCUT2D eigenvalue weighted by atomic mass is 16.5. The molecule has 2 atom stereocenters. The van der Waals surface area contributed by atoms with Gasteiger partial charge in [-0.15, -0.1) is 0 Å². The van der Waals surface area contributed by atoms with Crippen molar-refractivity contribution in [1.29, 1.82) is 5.26 Å². The first kappa shape index (κ1) is 11.3. The second kappa shape index (κ2) is 6.97. The molecule has 0 heterocycles. The van der Waals surface area contributed by atoms with E-state index in [2.05, 4.69) is 6.92 Å². The van der Waals surface area contributed by atoms with Crippen molar-refractivity contribution in [2.75, 3.05) is 0 Å². The van der Waals surface area contributed by atoms with Crippen LogP contribution in [0.2, 0.25) is 0 Å². The van der Waals surface area contributed by atoms with Gasteiger partial charge in [0, 0.05) is 0 Å². The van der Waals surface area contributed by atoms with Crippen LogP contribution in [0.1, 0.15) is 46.5 Å². The Labute approximate surface area is 75.5 Å². The van der Waals surface area contributed by atoms with E-state index in [1.54, 1.807) is 6.26 Å². The number of rotatable bonds is 1. The molecule has 0 spiro atoms. The predicted molar refractivity (Wildman–Crippen MR) is 49.5 cm³/mol. The van der Waals surface area contributed by atoms with E-state index in [-0.39, 0.29) is 6.10 Å². The molecule has 0 radical (unpaired) electrons. The molecule has 1 aliphatic rings. The standard InChI is InChI=1S/C8H13NO.C2H6/c1-7-4-2-3-5-8(7)10-6-9;1-2/h7-8H,2-5H2,1H3;1-2H3. The van der Waals surface area contributed by atoms with Crippen molar-refractivity contribution in [3.8, 4) is 6.26 Å². The van der Waals surface area contributed by atoms with Gasteiger partial charge in [0.25, 0.3) is 6.26 Å². The minimum Gasteiger partial charge on any atom is -0.424 e. The Balaban J connectivity index is 0.000000561. The fraction of sp³-hybridized carbons (Fsp3) is 0.900. The van der Waals surface area contributed by atoms with Gasteiger partial charge < -0.3 is 4.74 Å². The lowest BCUT2D eigenvalue weighted by molar-refractivity contribution is 0.0728. The summed E-state index contributed by atoms with van der Waals surface area (Å²) in [4.78, 5) is 0. The Morgan fingerprint density at radius 1 is 1.25 bits per heavy atom. The first-order chi connectivity index (χ1) is 5.84. The smallest absolute Gasteiger partial charge is 0.286 e. The normalized spacial score (nSPS) is 27.8. The third-order valence-corrected chi connectivity index (χ3v) is 2.24. The molecule has 0 aromatic heterocycles. The SMILES string of the molecule is CC.CC1CCCCC1OC#N. The zero-order valence-corrected chi connectivity index (χ0v) is 8.34. The second-order valence-electron chi connectivity index (χ2n) is 3.01. The molecule has 1 rings (SSSR count). The first-order valence-electron chi connectivity index (χ1n) is 4.89. The molecular formula is C10H19NO. The summed E-state index contributed by atoms with van der Waals surface area (Å²) in [7, 11) is 0. The Bertz CT molecular complexity index is 139. The maximum absolute atomic E-state index is 8.26. The van der Waals surface area contributed by atoms with Gasteiger partial charge in [0.2, 0.25) is 0 Å². The molecule has 0 bridgehead atoms. The van der Waals surface area contributed by atoms with Gasteiger partial charge in [-0.25, -0.2) is 0 Å². The average Bonchev–Trinajstić information content (AvgIpc) is 2.13. The lowest BCUT2D eigenvalue weighted by atomic mass is 9.88. The van der Waals surface area contributed by atoms with E-state index in [0.717, 1.165) is 6.42 Å². The van der Waals surface area contributed by atoms with Gasteiger partial charge >= 0.3 is 0 Å². The highest BCUT2D eigenvalue weighted by molar-refractivity contribution is 4.74. The quantitative estimate of drug-likeness (QED) is 0.565. The van der Waals surface area contributed by atoms with Crippen LogP contribution in [0.15, 0.2) is 0 Å². The largest absolute Gasteiger partial charge is 0.424 e. The number of ether oxygens (including phenoxy) is 1. The van der Waals surface area contributed by atoms with Crippen LogP contribution in [0.5, 0.6) is 0 Å². The Hall–Kier alpha value is -0.710. The number of hydrogen-bond donors (Lipinski definition) is 0. The van der Waals surface area contributed by atoms with Crippen LogP contribution in [0.25, 0.3) is 0 Å². The molecule has 0 aromatic carbocycles. The van der Waals surface area contributed by atoms with Gasteiger partial charge in [-0.3, -0.25) is 0 Å². The van der Waals surface area contributed by atoms with Gasteiger partial charge in [0.1, 0.15) is 6.10 Å². The van der Waals surface area contributed by atoms with Crippen molar-refractivity contribution in [1.82, 2.24) is 0 Å². The van der Waals surface area contributed by atoms with Crippen LogP contribution in [0, 0.1) is 17.4 Å². The molecule has 1 saturated carbocycles. The Kier molecular flexibility index (Phi) is 6.55. The number of hydrogen-bond acceptors (Lipinski definition) is 2. The molecule has 2 unspecified atom stereocenters. The molecule has 0 amide bonds. The third-order valence-electron chi connectivity index (χ3n) is 2.24. The molecule has 0 aromatic rings. The first-order valence-corrected chi connectivity index (χ1v) is 4.89. The van der Waals surface area contributed by atoms with Gasteiger partial charge in [0.15, 0.2) is 0 Å². The zero-order chi connectivity index (χ0) is 9.40. The molecular weight excluding hydrogens is 150 g/mol. The zero-order valence-electron chi connectivity index (χ0n) is 8.34. The topological polar surface area (TPSA) is 33.0 Å². The van der Waals surface area contributed by atoms with E-state index in [0.29, 0.717) is 5.92 Å². The average molecular weight is 169 g/mol. The van der Waals surface area contributed by atoms with Crippen LogP contribution in [-0.4, -0.2) is 6.10 Å². The van der Waals surface area contributed by atoms with Gasteiger partial charge in [0.05, 0.1) is 0 Å². The van der Waals surface area contributed by atoms with Crippen LogP contribution in [-0.2, 0) is 4.74 Å². The fourth-order valence-electron chi connectivity index (χ4n) is 1.53. The van der Waals surface area contributed by atoms with Gasteiger partial charge in [-0.1, -0.05) is 27.2 Å². The van der Waals surface area contributed by atoms with Gasteiger partial charge in [-0.05, 0) is 25.2 Å². The van der Waals surface area contributed by atoms with Crippen LogP contribution < -0.4 is 0 Å². The lowest BCUT2D eigenvalue weighted by Crippen LogP contribution is -2.23. The van der Waals surface area contributed by atoms with Crippen molar-refractivity contribution in [2.45, 2.75) is 52.6 Å². The molecule has 1 fully saturated rings. The van der Waals surface area contributed by atoms with Crippen molar-refractivity contribution in [3.63, 3.8) is 0 Å². The highest BCUT2D eigenvalue weighted by Crippen LogP contribution is 2.25. The van der Waals surface area contributed by atoms with Crippen molar-refractivity contribution in [2.24, 2.45) is 5.92 Å². The highest BCUT2D eigenvalue weighted by Gasteiger charge is 2.22. The van der Waals surface area contributed by atoms with E-state index in [1.807, 2.05) is 13.8 Å². The summed E-state index contributed by atoms with van der Waals surface area (Å²) in [5.74, 6) is 0.577. The van der Waals surface area contributed by atoms with E-state index < -0.39 is 0 Å². The maximum Gasteiger partial charge on any atom is 0.286 e. The van der Waals surface area contributed by atoms with E-state index in [4.69, 9.17) is 10.00 Å². The Morgan fingerprint density at radius 3 is 2.33 bits per heavy atom. The summed E-state index contributed by atoms with van der Waals surface area (Å²) < 4.78 is 4.90. The molecule has 0 saturated heterocycles. The molecule has 12 heavy (non-hydrogen) atoms. The number of nitrogens with zero attached hydrogens (tertiary/aromatic N) is 1. The summed E-state index contributed by atoms with van der Waals surface area (Å²) in [5.41, 5.74) is 0. The number of nitriles is 1. The minimum absolute atomic E-state index is 0.207. The second-order valence-corrected chi connectivity index (χ2v) is 3.01. The van der Waals surface area contributed by atoms with Crippen molar-refractivity contribution >= 4 is 0 Å². The maximum atomic E-state index is 8.26. The monoisotopic (exact) mass is 169 g/mol. The van der Waals surface area contributed by atoms with E-state index in [1.165, 1.54) is 19.3 Å². The van der Waals surface area contributed by atoms with Crippen molar-refractivity contribution < 1.29 is 4.74 Å². The summed E-state index contributed by atoms with van der Waals surface area (Å²) in [5, 5.41) is 8.26. The third kappa shape index (κ3) is 3.61. The summed E-state index contributed by atoms with van der Waals surface area (Å²) in [6, 6.07) is 0. The van der Waals surface area contributed by atoms with Gasteiger partial charge in [-0.2, -0.15) is 5.26 Å². The summed E-state index contributed by atoms with van der Waals surface area (Å²) >= 11 is 0. The lowest BCUT2D eigenvalue weighted by Gasteiger charge is -2.25. The molecule has 2 nitrogen and oxygen atoms in total. The molecule has 2 heteroatoms. The fourth-order valence-corrected chi connectivity index (χ4v) is 1.53. The summed E-state index contributed by atoms with van der Waals surface area (Å²) in [6.07, 6.45) is 6.77. The minimum atomic E-state index is 0.207. The van der Waals surface area contributed by atoms with Crippen LogP contribution in [0.3, 0.4) is 0 Å².